The number of hydrogen-bond donors (Lipinski definition) is 1. The summed E-state index contributed by atoms with van der Waals surface area (Å²) < 4.78 is 5.41. The molecular formula is C23H24N2O2. The Kier molecular flexibility index (Phi) is 5.55. The fourth-order valence-electron chi connectivity index (χ4n) is 3.17. The number of nitrogens with one attached hydrogen (secondary N) is 1. The SMILES string of the molecule is COc1ccccc1CC(C)(C)NC(=O)/C=C/c1ccnc2ccccc12. The summed E-state index contributed by atoms with van der Waals surface area (Å²) in [7, 11) is 1.66. The van der Waals surface area contributed by atoms with E-state index in [4.69, 9.17) is 4.74 Å². The van der Waals surface area contributed by atoms with Crippen LogP contribution in [0.4, 0.5) is 0 Å². The molecule has 4 nitrogen and oxygen atoms in total. The highest BCUT2D eigenvalue weighted by molar-refractivity contribution is 5.96. The van der Waals surface area contributed by atoms with E-state index in [0.717, 1.165) is 27.8 Å². The van der Waals surface area contributed by atoms with E-state index in [1.54, 1.807) is 19.4 Å². The van der Waals surface area contributed by atoms with Gasteiger partial charge in [0.15, 0.2) is 0 Å². The number of hydrogen-bond acceptors (Lipinski definition) is 3. The minimum absolute atomic E-state index is 0.129. The van der Waals surface area contributed by atoms with E-state index in [2.05, 4.69) is 10.3 Å². The highest BCUT2D eigenvalue weighted by Gasteiger charge is 2.21. The highest BCUT2D eigenvalue weighted by atomic mass is 16.5. The van der Waals surface area contributed by atoms with Crippen molar-refractivity contribution in [1.82, 2.24) is 10.3 Å². The molecule has 0 radical (unpaired) electrons. The lowest BCUT2D eigenvalue weighted by atomic mass is 9.94. The van der Waals surface area contributed by atoms with Gasteiger partial charge >= 0.3 is 0 Å². The van der Waals surface area contributed by atoms with Crippen molar-refractivity contribution in [3.63, 3.8) is 0 Å². The molecule has 4 heteroatoms. The third-order valence-electron chi connectivity index (χ3n) is 4.38. The standard InChI is InChI=1S/C23H24N2O2/c1-23(2,16-18-8-4-7-11-21(18)27-3)25-22(26)13-12-17-14-15-24-20-10-6-5-9-19(17)20/h4-15H,16H2,1-3H3,(H,25,26)/b13-12+. The van der Waals surface area contributed by atoms with Crippen molar-refractivity contribution in [1.29, 1.82) is 0 Å². The Balaban J connectivity index is 1.71. The maximum Gasteiger partial charge on any atom is 0.244 e. The number of aromatic nitrogens is 1. The van der Waals surface area contributed by atoms with Crippen LogP contribution < -0.4 is 10.1 Å². The predicted molar refractivity (Wildman–Crippen MR) is 110 cm³/mol. The molecule has 2 aromatic carbocycles. The van der Waals surface area contributed by atoms with Crippen molar-refractivity contribution < 1.29 is 9.53 Å². The molecular weight excluding hydrogens is 336 g/mol. The molecule has 0 fully saturated rings. The van der Waals surface area contributed by atoms with Crippen molar-refractivity contribution in [2.75, 3.05) is 7.11 Å². The molecule has 1 amide bonds. The Morgan fingerprint density at radius 1 is 1.11 bits per heavy atom. The lowest BCUT2D eigenvalue weighted by Gasteiger charge is -2.26. The topological polar surface area (TPSA) is 51.2 Å². The predicted octanol–water partition coefficient (Wildman–Crippen LogP) is 4.39. The number of benzene rings is 2. The number of carbonyl (C=O) groups is 1. The molecule has 3 aromatic rings. The maximum absolute atomic E-state index is 12.5. The lowest BCUT2D eigenvalue weighted by Crippen LogP contribution is -2.44. The van der Waals surface area contributed by atoms with Crippen LogP contribution in [0.25, 0.3) is 17.0 Å². The highest BCUT2D eigenvalue weighted by Crippen LogP contribution is 2.23. The average Bonchev–Trinajstić information content (AvgIpc) is 2.66. The van der Waals surface area contributed by atoms with E-state index in [1.807, 2.05) is 74.5 Å². The smallest absolute Gasteiger partial charge is 0.244 e. The summed E-state index contributed by atoms with van der Waals surface area (Å²) in [5.74, 6) is 0.703. The van der Waals surface area contributed by atoms with Crippen molar-refractivity contribution in [3.05, 3.63) is 78.0 Å². The first kappa shape index (κ1) is 18.6. The van der Waals surface area contributed by atoms with Gasteiger partial charge in [-0.25, -0.2) is 0 Å². The first-order chi connectivity index (χ1) is 13.0. The number of pyridine rings is 1. The van der Waals surface area contributed by atoms with Crippen LogP contribution in [-0.2, 0) is 11.2 Å². The first-order valence-corrected chi connectivity index (χ1v) is 8.94. The zero-order valence-corrected chi connectivity index (χ0v) is 15.9. The second-order valence-electron chi connectivity index (χ2n) is 7.11. The molecule has 1 heterocycles. The zero-order chi connectivity index (χ0) is 19.3. The summed E-state index contributed by atoms with van der Waals surface area (Å²) in [5, 5.41) is 4.10. The van der Waals surface area contributed by atoms with Crippen LogP contribution in [0.2, 0.25) is 0 Å². The second kappa shape index (κ2) is 8.04. The summed E-state index contributed by atoms with van der Waals surface area (Å²) in [6, 6.07) is 17.7. The van der Waals surface area contributed by atoms with Gasteiger partial charge in [0.05, 0.1) is 12.6 Å². The number of carbonyl (C=O) groups excluding carboxylic acids is 1. The van der Waals surface area contributed by atoms with Crippen LogP contribution in [0.15, 0.2) is 66.9 Å². The Morgan fingerprint density at radius 2 is 1.85 bits per heavy atom. The number of amides is 1. The van der Waals surface area contributed by atoms with Gasteiger partial charge in [-0.15, -0.1) is 0 Å². The number of methoxy groups -OCH3 is 1. The Labute approximate surface area is 159 Å². The molecule has 0 aliphatic heterocycles. The third kappa shape index (κ3) is 4.73. The molecule has 0 spiro atoms. The van der Waals surface area contributed by atoms with E-state index in [9.17, 15) is 4.79 Å². The monoisotopic (exact) mass is 360 g/mol. The van der Waals surface area contributed by atoms with Crippen LogP contribution in [0.1, 0.15) is 25.0 Å². The maximum atomic E-state index is 12.5. The summed E-state index contributed by atoms with van der Waals surface area (Å²) in [4.78, 5) is 16.8. The largest absolute Gasteiger partial charge is 0.496 e. The van der Waals surface area contributed by atoms with Gasteiger partial charge in [-0.1, -0.05) is 36.4 Å². The van der Waals surface area contributed by atoms with Crippen LogP contribution >= 0.6 is 0 Å². The fraction of sp³-hybridized carbons (Fsp3) is 0.217. The molecule has 0 saturated carbocycles. The van der Waals surface area contributed by atoms with E-state index in [-0.39, 0.29) is 5.91 Å². The molecule has 0 bridgehead atoms. The first-order valence-electron chi connectivity index (χ1n) is 8.94. The normalized spacial score (nSPS) is 11.7. The summed E-state index contributed by atoms with van der Waals surface area (Å²) >= 11 is 0. The Morgan fingerprint density at radius 3 is 2.67 bits per heavy atom. The Hall–Kier alpha value is -3.14. The lowest BCUT2D eigenvalue weighted by molar-refractivity contribution is -0.117. The molecule has 0 saturated heterocycles. The minimum Gasteiger partial charge on any atom is -0.496 e. The molecule has 138 valence electrons. The molecule has 1 N–H and O–H groups in total. The van der Waals surface area contributed by atoms with Crippen LogP contribution in [0.3, 0.4) is 0 Å². The van der Waals surface area contributed by atoms with E-state index < -0.39 is 5.54 Å². The van der Waals surface area contributed by atoms with E-state index in [1.165, 1.54) is 0 Å². The zero-order valence-electron chi connectivity index (χ0n) is 15.9. The number of fused-ring (bicyclic) bond motifs is 1. The molecule has 0 aliphatic carbocycles. The summed E-state index contributed by atoms with van der Waals surface area (Å²) in [6.07, 6.45) is 5.84. The van der Waals surface area contributed by atoms with Crippen molar-refractivity contribution >= 4 is 22.9 Å². The van der Waals surface area contributed by atoms with Crippen molar-refractivity contribution in [3.8, 4) is 5.75 Å². The number of para-hydroxylation sites is 2. The van der Waals surface area contributed by atoms with Crippen LogP contribution in [0, 0.1) is 0 Å². The van der Waals surface area contributed by atoms with Gasteiger partial charge < -0.3 is 10.1 Å². The molecule has 3 rings (SSSR count). The quantitative estimate of drug-likeness (QED) is 0.663. The summed E-state index contributed by atoms with van der Waals surface area (Å²) in [5.41, 5.74) is 2.54. The molecule has 0 atom stereocenters. The van der Waals surface area contributed by atoms with Gasteiger partial charge in [-0.2, -0.15) is 0 Å². The molecule has 1 aromatic heterocycles. The van der Waals surface area contributed by atoms with Gasteiger partial charge in [0.1, 0.15) is 5.75 Å². The number of nitrogens with zero attached hydrogens (tertiary/aromatic N) is 1. The van der Waals surface area contributed by atoms with Crippen molar-refractivity contribution in [2.45, 2.75) is 25.8 Å². The molecule has 0 aliphatic rings. The molecule has 27 heavy (non-hydrogen) atoms. The van der Waals surface area contributed by atoms with Crippen LogP contribution in [-0.4, -0.2) is 23.5 Å². The van der Waals surface area contributed by atoms with Gasteiger partial charge in [0, 0.05) is 23.2 Å². The van der Waals surface area contributed by atoms with E-state index >= 15 is 0 Å². The van der Waals surface area contributed by atoms with Crippen molar-refractivity contribution in [2.24, 2.45) is 0 Å². The van der Waals surface area contributed by atoms with E-state index in [0.29, 0.717) is 6.42 Å². The minimum atomic E-state index is -0.406. The average molecular weight is 360 g/mol. The van der Waals surface area contributed by atoms with Gasteiger partial charge in [-0.3, -0.25) is 9.78 Å². The third-order valence-corrected chi connectivity index (χ3v) is 4.38. The van der Waals surface area contributed by atoms with Gasteiger partial charge in [-0.05, 0) is 55.7 Å². The summed E-state index contributed by atoms with van der Waals surface area (Å²) in [6.45, 7) is 4.01. The molecule has 0 unspecified atom stereocenters. The number of rotatable bonds is 6. The van der Waals surface area contributed by atoms with Gasteiger partial charge in [0.25, 0.3) is 0 Å². The fourth-order valence-corrected chi connectivity index (χ4v) is 3.17. The number of ether oxygens (including phenoxy) is 1. The Bertz CT molecular complexity index is 972. The van der Waals surface area contributed by atoms with Crippen LogP contribution in [0.5, 0.6) is 5.75 Å². The van der Waals surface area contributed by atoms with Gasteiger partial charge in [0.2, 0.25) is 5.91 Å². The second-order valence-corrected chi connectivity index (χ2v) is 7.11.